The summed E-state index contributed by atoms with van der Waals surface area (Å²) >= 11 is 0. The smallest absolute Gasteiger partial charge is 0.326 e. The van der Waals surface area contributed by atoms with E-state index in [1.807, 2.05) is 6.92 Å². The molecular weight excluding hydrogens is 261 g/mol. The fourth-order valence-corrected chi connectivity index (χ4v) is 1.71. The molecule has 0 aliphatic heterocycles. The van der Waals surface area contributed by atoms with E-state index in [-0.39, 0.29) is 18.3 Å². The van der Waals surface area contributed by atoms with Crippen LogP contribution in [0.4, 0.5) is 4.39 Å². The highest BCUT2D eigenvalue weighted by molar-refractivity contribution is 5.80. The lowest BCUT2D eigenvalue weighted by atomic mass is 9.99. The third-order valence-corrected chi connectivity index (χ3v) is 3.22. The van der Waals surface area contributed by atoms with Gasteiger partial charge in [0.2, 0.25) is 0 Å². The van der Waals surface area contributed by atoms with Gasteiger partial charge in [-0.25, -0.2) is 4.39 Å². The summed E-state index contributed by atoms with van der Waals surface area (Å²) in [4.78, 5) is 11.8. The average Bonchev–Trinajstić information content (AvgIpc) is 2.42. The predicted molar refractivity (Wildman–Crippen MR) is 75.3 cm³/mol. The standard InChI is InChI=1S/C15H22FNO3/c1-5-19-14(18)15(3,17-4)8-9-20-13-10-11(2)6-7-12(13)16/h6-7,10,17H,5,8-9H2,1-4H3. The Morgan fingerprint density at radius 1 is 1.45 bits per heavy atom. The molecule has 0 aliphatic rings. The Hall–Kier alpha value is -1.62. The second kappa shape index (κ2) is 7.24. The van der Waals surface area contributed by atoms with Gasteiger partial charge in [-0.05, 0) is 45.5 Å². The number of hydrogen-bond acceptors (Lipinski definition) is 4. The van der Waals surface area contributed by atoms with Crippen molar-refractivity contribution in [3.63, 3.8) is 0 Å². The molecular formula is C15H22FNO3. The Morgan fingerprint density at radius 2 is 2.15 bits per heavy atom. The highest BCUT2D eigenvalue weighted by atomic mass is 19.1. The Bertz CT molecular complexity index is 464. The number of halogens is 1. The molecule has 20 heavy (non-hydrogen) atoms. The van der Waals surface area contributed by atoms with Gasteiger partial charge < -0.3 is 14.8 Å². The van der Waals surface area contributed by atoms with Gasteiger partial charge in [0.1, 0.15) is 5.54 Å². The molecule has 0 heterocycles. The van der Waals surface area contributed by atoms with E-state index >= 15 is 0 Å². The number of rotatable bonds is 7. The van der Waals surface area contributed by atoms with E-state index in [9.17, 15) is 9.18 Å². The topological polar surface area (TPSA) is 47.6 Å². The summed E-state index contributed by atoms with van der Waals surface area (Å²) in [6.45, 7) is 5.90. The van der Waals surface area contributed by atoms with Crippen LogP contribution in [0.3, 0.4) is 0 Å². The van der Waals surface area contributed by atoms with Crippen molar-refractivity contribution in [2.24, 2.45) is 0 Å². The molecule has 0 aliphatic carbocycles. The summed E-state index contributed by atoms with van der Waals surface area (Å²) in [6.07, 6.45) is 0.385. The normalized spacial score (nSPS) is 13.7. The lowest BCUT2D eigenvalue weighted by Gasteiger charge is -2.26. The van der Waals surface area contributed by atoms with Gasteiger partial charge in [-0.2, -0.15) is 0 Å². The van der Waals surface area contributed by atoms with Crippen molar-refractivity contribution < 1.29 is 18.7 Å². The fourth-order valence-electron chi connectivity index (χ4n) is 1.71. The molecule has 1 rings (SSSR count). The van der Waals surface area contributed by atoms with Gasteiger partial charge in [-0.15, -0.1) is 0 Å². The molecule has 1 N–H and O–H groups in total. The van der Waals surface area contributed by atoms with Gasteiger partial charge in [-0.3, -0.25) is 4.79 Å². The lowest BCUT2D eigenvalue weighted by Crippen LogP contribution is -2.49. The summed E-state index contributed by atoms with van der Waals surface area (Å²) in [5.74, 6) is -0.541. The van der Waals surface area contributed by atoms with E-state index in [1.165, 1.54) is 6.07 Å². The van der Waals surface area contributed by atoms with Crippen molar-refractivity contribution in [3.05, 3.63) is 29.6 Å². The first-order chi connectivity index (χ1) is 9.42. The average molecular weight is 283 g/mol. The zero-order valence-electron chi connectivity index (χ0n) is 12.5. The molecule has 1 atom stereocenters. The Labute approximate surface area is 119 Å². The van der Waals surface area contributed by atoms with Gasteiger partial charge >= 0.3 is 5.97 Å². The number of aryl methyl sites for hydroxylation is 1. The second-order valence-electron chi connectivity index (χ2n) is 4.83. The van der Waals surface area contributed by atoms with E-state index in [1.54, 1.807) is 33.0 Å². The van der Waals surface area contributed by atoms with E-state index in [0.717, 1.165) is 5.56 Å². The van der Waals surface area contributed by atoms with Crippen LogP contribution >= 0.6 is 0 Å². The molecule has 0 spiro atoms. The Balaban J connectivity index is 2.61. The first kappa shape index (κ1) is 16.4. The van der Waals surface area contributed by atoms with Crippen LogP contribution in [0.25, 0.3) is 0 Å². The van der Waals surface area contributed by atoms with Crippen LogP contribution in [0.2, 0.25) is 0 Å². The second-order valence-corrected chi connectivity index (χ2v) is 4.83. The van der Waals surface area contributed by atoms with E-state index in [2.05, 4.69) is 5.32 Å². The third-order valence-electron chi connectivity index (χ3n) is 3.22. The summed E-state index contributed by atoms with van der Waals surface area (Å²) in [6, 6.07) is 4.68. The molecule has 1 aromatic rings. The Kier molecular flexibility index (Phi) is 5.95. The maximum atomic E-state index is 13.5. The minimum atomic E-state index is -0.837. The molecule has 0 saturated heterocycles. The summed E-state index contributed by atoms with van der Waals surface area (Å²) in [7, 11) is 1.68. The number of carbonyl (C=O) groups is 1. The number of hydrogen-bond donors (Lipinski definition) is 1. The highest BCUT2D eigenvalue weighted by Gasteiger charge is 2.32. The fraction of sp³-hybridized carbons (Fsp3) is 0.533. The molecule has 0 bridgehead atoms. The SMILES string of the molecule is CCOC(=O)C(C)(CCOc1cc(C)ccc1F)NC. The van der Waals surface area contributed by atoms with Gasteiger partial charge in [0.25, 0.3) is 0 Å². The number of nitrogens with one attached hydrogen (secondary N) is 1. The summed E-state index contributed by atoms with van der Waals surface area (Å²) in [5, 5.41) is 2.93. The van der Waals surface area contributed by atoms with Crippen molar-refractivity contribution in [2.75, 3.05) is 20.3 Å². The van der Waals surface area contributed by atoms with Crippen molar-refractivity contribution in [2.45, 2.75) is 32.7 Å². The van der Waals surface area contributed by atoms with E-state index in [4.69, 9.17) is 9.47 Å². The molecule has 1 aromatic carbocycles. The molecule has 0 aromatic heterocycles. The first-order valence-corrected chi connectivity index (χ1v) is 6.68. The minimum Gasteiger partial charge on any atom is -0.490 e. The molecule has 1 unspecified atom stereocenters. The minimum absolute atomic E-state index is 0.201. The van der Waals surface area contributed by atoms with Crippen molar-refractivity contribution in [3.8, 4) is 5.75 Å². The summed E-state index contributed by atoms with van der Waals surface area (Å²) in [5.41, 5.74) is 0.0826. The monoisotopic (exact) mass is 283 g/mol. The van der Waals surface area contributed by atoms with Crippen LogP contribution < -0.4 is 10.1 Å². The number of benzene rings is 1. The van der Waals surface area contributed by atoms with Crippen molar-refractivity contribution in [1.29, 1.82) is 0 Å². The van der Waals surface area contributed by atoms with Crippen LogP contribution in [0, 0.1) is 12.7 Å². The van der Waals surface area contributed by atoms with Crippen LogP contribution in [-0.2, 0) is 9.53 Å². The van der Waals surface area contributed by atoms with Crippen LogP contribution in [0.1, 0.15) is 25.8 Å². The van der Waals surface area contributed by atoms with Crippen molar-refractivity contribution >= 4 is 5.97 Å². The molecule has 0 amide bonds. The molecule has 0 fully saturated rings. The van der Waals surface area contributed by atoms with E-state index < -0.39 is 11.4 Å². The van der Waals surface area contributed by atoms with Gasteiger partial charge in [-0.1, -0.05) is 6.07 Å². The number of ether oxygens (including phenoxy) is 2. The summed E-state index contributed by atoms with van der Waals surface area (Å²) < 4.78 is 24.0. The molecule has 4 nitrogen and oxygen atoms in total. The van der Waals surface area contributed by atoms with Crippen molar-refractivity contribution in [1.82, 2.24) is 5.32 Å². The Morgan fingerprint density at radius 3 is 2.75 bits per heavy atom. The van der Waals surface area contributed by atoms with E-state index in [0.29, 0.717) is 13.0 Å². The zero-order chi connectivity index (χ0) is 15.2. The highest BCUT2D eigenvalue weighted by Crippen LogP contribution is 2.20. The first-order valence-electron chi connectivity index (χ1n) is 6.68. The predicted octanol–water partition coefficient (Wildman–Crippen LogP) is 2.44. The molecule has 0 radical (unpaired) electrons. The molecule has 112 valence electrons. The van der Waals surface area contributed by atoms with Crippen LogP contribution in [-0.4, -0.2) is 31.8 Å². The van der Waals surface area contributed by atoms with Gasteiger partial charge in [0, 0.05) is 6.42 Å². The third kappa shape index (κ3) is 4.20. The maximum Gasteiger partial charge on any atom is 0.326 e. The largest absolute Gasteiger partial charge is 0.490 e. The maximum absolute atomic E-state index is 13.5. The lowest BCUT2D eigenvalue weighted by molar-refractivity contribution is -0.150. The van der Waals surface area contributed by atoms with Crippen LogP contribution in [0.5, 0.6) is 5.75 Å². The number of carbonyl (C=O) groups excluding carboxylic acids is 1. The number of likely N-dealkylation sites (N-methyl/N-ethyl adjacent to an activating group) is 1. The zero-order valence-corrected chi connectivity index (χ0v) is 12.5. The quantitative estimate of drug-likeness (QED) is 0.781. The number of esters is 1. The molecule has 5 heteroatoms. The van der Waals surface area contributed by atoms with Gasteiger partial charge in [0.05, 0.1) is 13.2 Å². The molecule has 0 saturated carbocycles. The van der Waals surface area contributed by atoms with Crippen LogP contribution in [0.15, 0.2) is 18.2 Å². The van der Waals surface area contributed by atoms with Gasteiger partial charge in [0.15, 0.2) is 11.6 Å².